The molecule has 0 radical (unpaired) electrons. The fraction of sp³-hybridized carbons (Fsp3) is 0.684. The van der Waals surface area contributed by atoms with Crippen LogP contribution in [-0.2, 0) is 24.0 Å². The number of rotatable bonds is 15. The number of carbonyl (C=O) groups excluding carboxylic acids is 3. The highest BCUT2D eigenvalue weighted by atomic mass is 16.4. The Kier molecular flexibility index (Phi) is 13.1. The van der Waals surface area contributed by atoms with Crippen LogP contribution in [0.2, 0.25) is 0 Å². The van der Waals surface area contributed by atoms with Crippen LogP contribution in [0.5, 0.6) is 0 Å². The molecule has 4 unspecified atom stereocenters. The summed E-state index contributed by atoms with van der Waals surface area (Å²) in [5.41, 5.74) is 16.1. The molecular formula is C19H35N7O7. The van der Waals surface area contributed by atoms with Gasteiger partial charge in [-0.15, -0.1) is 0 Å². The highest BCUT2D eigenvalue weighted by molar-refractivity contribution is 5.95. The van der Waals surface area contributed by atoms with Gasteiger partial charge in [0.1, 0.15) is 18.1 Å². The van der Waals surface area contributed by atoms with Gasteiger partial charge in [0.2, 0.25) is 17.7 Å². The molecule has 188 valence electrons. The zero-order valence-electron chi connectivity index (χ0n) is 19.0. The monoisotopic (exact) mass is 473 g/mol. The Morgan fingerprint density at radius 1 is 0.879 bits per heavy atom. The highest BCUT2D eigenvalue weighted by Crippen LogP contribution is 2.04. The Labute approximate surface area is 191 Å². The lowest BCUT2D eigenvalue weighted by Gasteiger charge is -2.23. The Hall–Kier alpha value is -3.42. The minimum atomic E-state index is -1.47. The number of amides is 3. The fourth-order valence-electron chi connectivity index (χ4n) is 2.71. The van der Waals surface area contributed by atoms with Crippen molar-refractivity contribution in [3.63, 3.8) is 0 Å². The summed E-state index contributed by atoms with van der Waals surface area (Å²) in [5, 5.41) is 25.2. The summed E-state index contributed by atoms with van der Waals surface area (Å²) in [6.07, 6.45) is -0.0993. The van der Waals surface area contributed by atoms with Crippen LogP contribution >= 0.6 is 0 Å². The molecule has 0 rings (SSSR count). The second-order valence-corrected chi connectivity index (χ2v) is 7.97. The van der Waals surface area contributed by atoms with Crippen molar-refractivity contribution in [2.24, 2.45) is 28.1 Å². The smallest absolute Gasteiger partial charge is 0.326 e. The van der Waals surface area contributed by atoms with Crippen LogP contribution in [0, 0.1) is 5.92 Å². The third-order valence-corrected chi connectivity index (χ3v) is 4.39. The average Bonchev–Trinajstić information content (AvgIpc) is 2.67. The first-order valence-electron chi connectivity index (χ1n) is 10.4. The summed E-state index contributed by atoms with van der Waals surface area (Å²) in [6.45, 7) is 5.15. The molecule has 14 heteroatoms. The van der Waals surface area contributed by atoms with E-state index < -0.39 is 60.2 Å². The van der Waals surface area contributed by atoms with E-state index in [4.69, 9.17) is 22.3 Å². The zero-order chi connectivity index (χ0) is 25.7. The molecule has 4 atom stereocenters. The van der Waals surface area contributed by atoms with E-state index in [0.717, 1.165) is 0 Å². The maximum Gasteiger partial charge on any atom is 0.326 e. The van der Waals surface area contributed by atoms with Gasteiger partial charge in [0.25, 0.3) is 0 Å². The zero-order valence-corrected chi connectivity index (χ0v) is 19.0. The van der Waals surface area contributed by atoms with Crippen molar-refractivity contribution >= 4 is 35.6 Å². The maximum absolute atomic E-state index is 12.5. The number of nitrogens with one attached hydrogen (secondary N) is 3. The molecule has 0 saturated heterocycles. The molecule has 0 spiro atoms. The predicted molar refractivity (Wildman–Crippen MR) is 119 cm³/mol. The number of nitrogens with zero attached hydrogens (tertiary/aromatic N) is 1. The van der Waals surface area contributed by atoms with Crippen molar-refractivity contribution in [1.29, 1.82) is 0 Å². The number of aliphatic carboxylic acids is 2. The van der Waals surface area contributed by atoms with Crippen molar-refractivity contribution in [1.82, 2.24) is 16.0 Å². The van der Waals surface area contributed by atoms with E-state index in [1.807, 2.05) is 13.8 Å². The SMILES string of the molecule is CC(C)CC(N)C(=O)NC(CC(=O)O)C(=O)NC(C)C(=O)NC(CCCN=C(N)N)C(=O)O. The second-order valence-electron chi connectivity index (χ2n) is 7.97. The van der Waals surface area contributed by atoms with Crippen molar-refractivity contribution in [2.75, 3.05) is 6.54 Å². The summed E-state index contributed by atoms with van der Waals surface area (Å²) >= 11 is 0. The van der Waals surface area contributed by atoms with Gasteiger partial charge in [-0.2, -0.15) is 0 Å². The minimum Gasteiger partial charge on any atom is -0.481 e. The Morgan fingerprint density at radius 3 is 1.94 bits per heavy atom. The van der Waals surface area contributed by atoms with Crippen LogP contribution in [0.1, 0.15) is 46.5 Å². The van der Waals surface area contributed by atoms with E-state index in [2.05, 4.69) is 20.9 Å². The van der Waals surface area contributed by atoms with Gasteiger partial charge in [-0.05, 0) is 32.1 Å². The molecule has 0 aliphatic heterocycles. The first-order valence-corrected chi connectivity index (χ1v) is 10.4. The molecule has 3 amide bonds. The first kappa shape index (κ1) is 29.6. The van der Waals surface area contributed by atoms with E-state index in [0.29, 0.717) is 6.42 Å². The third-order valence-electron chi connectivity index (χ3n) is 4.39. The van der Waals surface area contributed by atoms with Gasteiger partial charge in [-0.25, -0.2) is 4.79 Å². The lowest BCUT2D eigenvalue weighted by atomic mass is 10.0. The summed E-state index contributed by atoms with van der Waals surface area (Å²) in [7, 11) is 0. The number of carbonyl (C=O) groups is 5. The Balaban J connectivity index is 5.03. The van der Waals surface area contributed by atoms with E-state index >= 15 is 0 Å². The van der Waals surface area contributed by atoms with Crippen LogP contribution in [0.25, 0.3) is 0 Å². The molecule has 14 nitrogen and oxygen atoms in total. The van der Waals surface area contributed by atoms with Crippen LogP contribution in [0.4, 0.5) is 0 Å². The Morgan fingerprint density at radius 2 is 1.45 bits per heavy atom. The van der Waals surface area contributed by atoms with Gasteiger partial charge in [0.05, 0.1) is 12.5 Å². The number of carboxylic acids is 2. The van der Waals surface area contributed by atoms with Gasteiger partial charge >= 0.3 is 11.9 Å². The lowest BCUT2D eigenvalue weighted by Crippen LogP contribution is -2.56. The van der Waals surface area contributed by atoms with E-state index in [1.54, 1.807) is 0 Å². The number of carboxylic acid groups (broad SMARTS) is 2. The van der Waals surface area contributed by atoms with Gasteiger partial charge in [0, 0.05) is 6.54 Å². The normalized spacial score (nSPS) is 14.3. The first-order chi connectivity index (χ1) is 15.2. The van der Waals surface area contributed by atoms with Crippen molar-refractivity contribution in [2.45, 2.75) is 70.6 Å². The van der Waals surface area contributed by atoms with Crippen LogP contribution < -0.4 is 33.2 Å². The number of nitrogens with two attached hydrogens (primary N) is 3. The van der Waals surface area contributed by atoms with Crippen molar-refractivity contribution < 1.29 is 34.2 Å². The number of hydrogen-bond acceptors (Lipinski definition) is 7. The molecule has 0 saturated carbocycles. The molecule has 0 aliphatic carbocycles. The molecule has 0 aliphatic rings. The number of hydrogen-bond donors (Lipinski definition) is 8. The van der Waals surface area contributed by atoms with Crippen molar-refractivity contribution in [3.05, 3.63) is 0 Å². The van der Waals surface area contributed by atoms with Gasteiger partial charge in [0.15, 0.2) is 5.96 Å². The molecule has 11 N–H and O–H groups in total. The maximum atomic E-state index is 12.5. The molecule has 33 heavy (non-hydrogen) atoms. The quantitative estimate of drug-likeness (QED) is 0.0701. The summed E-state index contributed by atoms with van der Waals surface area (Å²) in [4.78, 5) is 63.3. The molecular weight excluding hydrogens is 438 g/mol. The summed E-state index contributed by atoms with van der Waals surface area (Å²) in [5.74, 6) is -5.12. The second kappa shape index (κ2) is 14.6. The lowest BCUT2D eigenvalue weighted by molar-refractivity contribution is -0.143. The van der Waals surface area contributed by atoms with E-state index in [9.17, 15) is 29.1 Å². The highest BCUT2D eigenvalue weighted by Gasteiger charge is 2.29. The topological polar surface area (TPSA) is 252 Å². The van der Waals surface area contributed by atoms with Crippen LogP contribution in [0.15, 0.2) is 4.99 Å². The summed E-state index contributed by atoms with van der Waals surface area (Å²) in [6, 6.07) is -4.88. The third kappa shape index (κ3) is 12.9. The standard InChI is InChI=1S/C19H35N7O7/c1-9(2)7-11(20)16(30)26-13(8-14(27)28)17(31)24-10(3)15(29)25-12(18(32)33)5-4-6-23-19(21)22/h9-13H,4-8,20H2,1-3H3,(H,24,31)(H,25,29)(H,26,30)(H,27,28)(H,32,33)(H4,21,22,23). The van der Waals surface area contributed by atoms with Crippen LogP contribution in [-0.4, -0.2) is 76.5 Å². The van der Waals surface area contributed by atoms with Gasteiger partial charge in [-0.3, -0.25) is 24.2 Å². The molecule has 0 fully saturated rings. The van der Waals surface area contributed by atoms with Crippen LogP contribution in [0.3, 0.4) is 0 Å². The molecule has 0 heterocycles. The van der Waals surface area contributed by atoms with Gasteiger partial charge in [-0.1, -0.05) is 13.8 Å². The summed E-state index contributed by atoms with van der Waals surface area (Å²) < 4.78 is 0. The molecule has 0 aromatic heterocycles. The molecule has 0 aromatic rings. The van der Waals surface area contributed by atoms with E-state index in [1.165, 1.54) is 6.92 Å². The molecule has 0 aromatic carbocycles. The number of aliphatic imine (C=N–C) groups is 1. The molecule has 0 bridgehead atoms. The Bertz CT molecular complexity index is 738. The minimum absolute atomic E-state index is 0.0317. The fourth-order valence-corrected chi connectivity index (χ4v) is 2.71. The number of guanidine groups is 1. The largest absolute Gasteiger partial charge is 0.481 e. The van der Waals surface area contributed by atoms with E-state index in [-0.39, 0.29) is 31.3 Å². The average molecular weight is 474 g/mol. The van der Waals surface area contributed by atoms with Crippen molar-refractivity contribution in [3.8, 4) is 0 Å². The van der Waals surface area contributed by atoms with Gasteiger partial charge < -0.3 is 43.4 Å². The predicted octanol–water partition coefficient (Wildman–Crippen LogP) is -2.55.